The lowest BCUT2D eigenvalue weighted by atomic mass is 9.84. The minimum atomic E-state index is -0.494. The summed E-state index contributed by atoms with van der Waals surface area (Å²) in [5.74, 6) is 2.10. The number of hydrogen-bond acceptors (Lipinski definition) is 3. The molecule has 1 amide bonds. The van der Waals surface area contributed by atoms with E-state index in [1.165, 1.54) is 50.0 Å². The highest BCUT2D eigenvalue weighted by Crippen LogP contribution is 2.36. The molecular weight excluding hydrogens is 369 g/mol. The molecule has 0 radical (unpaired) electrons. The molecule has 1 aromatic carbocycles. The molecule has 2 fully saturated rings. The molecule has 4 rings (SSSR count). The van der Waals surface area contributed by atoms with Gasteiger partial charge in [0, 0.05) is 43.0 Å². The average molecular weight is 400 g/mol. The zero-order valence-electron chi connectivity index (χ0n) is 17.4. The highest BCUT2D eigenvalue weighted by molar-refractivity contribution is 5.94. The molecule has 2 aliphatic rings. The van der Waals surface area contributed by atoms with Crippen molar-refractivity contribution in [2.24, 2.45) is 5.92 Å². The lowest BCUT2D eigenvalue weighted by molar-refractivity contribution is 0.0684. The quantitative estimate of drug-likeness (QED) is 0.716. The largest absolute Gasteiger partial charge is 0.494 e. The van der Waals surface area contributed by atoms with E-state index in [4.69, 9.17) is 4.74 Å². The summed E-state index contributed by atoms with van der Waals surface area (Å²) in [7, 11) is 1.42. The topological polar surface area (TPSA) is 47.4 Å². The van der Waals surface area contributed by atoms with Crippen molar-refractivity contribution in [2.45, 2.75) is 57.9 Å². The SMILES string of the molecule is COc1ccc(C(=O)N2CCC(CCn3c(C)cnc3C3CCC3)CC2)cc1F. The van der Waals surface area contributed by atoms with Crippen molar-refractivity contribution >= 4 is 5.91 Å². The molecule has 1 aliphatic heterocycles. The average Bonchev–Trinajstić information content (AvgIpc) is 3.05. The molecule has 5 nitrogen and oxygen atoms in total. The van der Waals surface area contributed by atoms with Gasteiger partial charge in [-0.1, -0.05) is 6.42 Å². The van der Waals surface area contributed by atoms with Gasteiger partial charge in [-0.3, -0.25) is 4.79 Å². The van der Waals surface area contributed by atoms with E-state index in [-0.39, 0.29) is 11.7 Å². The molecular formula is C23H30FN3O2. The fraction of sp³-hybridized carbons (Fsp3) is 0.565. The molecule has 0 bridgehead atoms. The number of carbonyl (C=O) groups is 1. The third-order valence-electron chi connectivity index (χ3n) is 6.62. The van der Waals surface area contributed by atoms with Gasteiger partial charge in [0.1, 0.15) is 5.82 Å². The van der Waals surface area contributed by atoms with Crippen molar-refractivity contribution in [1.82, 2.24) is 14.5 Å². The summed E-state index contributed by atoms with van der Waals surface area (Å²) < 4.78 is 21.3. The monoisotopic (exact) mass is 399 g/mol. The summed E-state index contributed by atoms with van der Waals surface area (Å²) in [5.41, 5.74) is 1.64. The number of ether oxygens (including phenoxy) is 1. The van der Waals surface area contributed by atoms with Crippen molar-refractivity contribution in [3.8, 4) is 5.75 Å². The molecule has 156 valence electrons. The maximum absolute atomic E-state index is 13.9. The number of aromatic nitrogens is 2. The number of carbonyl (C=O) groups excluding carboxylic acids is 1. The predicted octanol–water partition coefficient (Wildman–Crippen LogP) is 4.55. The van der Waals surface area contributed by atoms with E-state index in [1.807, 2.05) is 11.1 Å². The van der Waals surface area contributed by atoms with Crippen LogP contribution in [0.15, 0.2) is 24.4 Å². The molecule has 2 aromatic rings. The number of amides is 1. The second-order valence-electron chi connectivity index (χ2n) is 8.41. The second-order valence-corrected chi connectivity index (χ2v) is 8.41. The standard InChI is InChI=1S/C23H30FN3O2/c1-16-15-25-22(18-4-3-5-18)27(16)13-10-17-8-11-26(12-9-17)23(28)19-6-7-21(29-2)20(24)14-19/h6-7,14-15,17-18H,3-5,8-13H2,1-2H3. The molecule has 0 unspecified atom stereocenters. The number of aryl methyl sites for hydroxylation is 1. The number of benzene rings is 1. The minimum absolute atomic E-state index is 0.0947. The van der Waals surface area contributed by atoms with Crippen LogP contribution >= 0.6 is 0 Å². The fourth-order valence-electron chi connectivity index (χ4n) is 4.48. The molecule has 1 aliphatic carbocycles. The van der Waals surface area contributed by atoms with Crippen LogP contribution in [0.1, 0.15) is 66.3 Å². The van der Waals surface area contributed by atoms with Gasteiger partial charge in [0.05, 0.1) is 7.11 Å². The van der Waals surface area contributed by atoms with Gasteiger partial charge in [-0.25, -0.2) is 9.37 Å². The van der Waals surface area contributed by atoms with Crippen LogP contribution in [0.25, 0.3) is 0 Å². The van der Waals surface area contributed by atoms with Crippen LogP contribution in [-0.4, -0.2) is 40.6 Å². The Morgan fingerprint density at radius 3 is 2.62 bits per heavy atom. The summed E-state index contributed by atoms with van der Waals surface area (Å²) in [6.45, 7) is 4.62. The Bertz CT molecular complexity index is 867. The first-order chi connectivity index (χ1) is 14.1. The number of halogens is 1. The van der Waals surface area contributed by atoms with Crippen molar-refractivity contribution in [1.29, 1.82) is 0 Å². The van der Waals surface area contributed by atoms with Gasteiger partial charge in [0.15, 0.2) is 11.6 Å². The van der Waals surface area contributed by atoms with Crippen molar-refractivity contribution < 1.29 is 13.9 Å². The molecule has 0 atom stereocenters. The van der Waals surface area contributed by atoms with Crippen molar-refractivity contribution in [3.05, 3.63) is 47.3 Å². The van der Waals surface area contributed by atoms with Gasteiger partial charge in [0.2, 0.25) is 0 Å². The molecule has 0 N–H and O–H groups in total. The van der Waals surface area contributed by atoms with Gasteiger partial charge in [0.25, 0.3) is 5.91 Å². The maximum Gasteiger partial charge on any atom is 0.253 e. The Kier molecular flexibility index (Phi) is 5.88. The number of rotatable bonds is 6. The van der Waals surface area contributed by atoms with E-state index in [0.29, 0.717) is 17.4 Å². The molecule has 1 saturated heterocycles. The van der Waals surface area contributed by atoms with Crippen LogP contribution in [0.5, 0.6) is 5.75 Å². The van der Waals surface area contributed by atoms with Crippen LogP contribution < -0.4 is 4.74 Å². The molecule has 6 heteroatoms. The van der Waals surface area contributed by atoms with E-state index in [1.54, 1.807) is 6.07 Å². The summed E-state index contributed by atoms with van der Waals surface area (Å²) in [4.78, 5) is 19.2. The van der Waals surface area contributed by atoms with Gasteiger partial charge in [-0.05, 0) is 63.1 Å². The lowest BCUT2D eigenvalue weighted by Crippen LogP contribution is -2.38. The Hall–Kier alpha value is -2.37. The normalized spacial score (nSPS) is 18.0. The van der Waals surface area contributed by atoms with Gasteiger partial charge >= 0.3 is 0 Å². The van der Waals surface area contributed by atoms with Crippen molar-refractivity contribution in [2.75, 3.05) is 20.2 Å². The first kappa shape index (κ1) is 19.9. The fourth-order valence-corrected chi connectivity index (χ4v) is 4.48. The third kappa shape index (κ3) is 4.16. The predicted molar refractivity (Wildman–Crippen MR) is 110 cm³/mol. The van der Waals surface area contributed by atoms with Crippen LogP contribution in [0, 0.1) is 18.7 Å². The number of nitrogens with zero attached hydrogens (tertiary/aromatic N) is 3. The van der Waals surface area contributed by atoms with Crippen LogP contribution in [-0.2, 0) is 6.54 Å². The Morgan fingerprint density at radius 2 is 2.00 bits per heavy atom. The molecule has 0 spiro atoms. The number of imidazole rings is 1. The first-order valence-corrected chi connectivity index (χ1v) is 10.7. The van der Waals surface area contributed by atoms with Crippen LogP contribution in [0.4, 0.5) is 4.39 Å². The molecule has 2 heterocycles. The smallest absolute Gasteiger partial charge is 0.253 e. The van der Waals surface area contributed by atoms with Gasteiger partial charge in [-0.2, -0.15) is 0 Å². The lowest BCUT2D eigenvalue weighted by Gasteiger charge is -2.33. The number of hydrogen-bond donors (Lipinski definition) is 0. The highest BCUT2D eigenvalue weighted by Gasteiger charge is 2.27. The molecule has 29 heavy (non-hydrogen) atoms. The summed E-state index contributed by atoms with van der Waals surface area (Å²) in [5, 5.41) is 0. The van der Waals surface area contributed by atoms with E-state index < -0.39 is 5.82 Å². The zero-order chi connectivity index (χ0) is 20.4. The third-order valence-corrected chi connectivity index (χ3v) is 6.62. The van der Waals surface area contributed by atoms with Crippen LogP contribution in [0.3, 0.4) is 0 Å². The zero-order valence-corrected chi connectivity index (χ0v) is 17.4. The number of likely N-dealkylation sites (tertiary alicyclic amines) is 1. The number of piperidine rings is 1. The van der Waals surface area contributed by atoms with E-state index in [9.17, 15) is 9.18 Å². The molecule has 1 aromatic heterocycles. The summed E-state index contributed by atoms with van der Waals surface area (Å²) in [6.07, 6.45) is 8.97. The summed E-state index contributed by atoms with van der Waals surface area (Å²) >= 11 is 0. The second kappa shape index (κ2) is 8.56. The Morgan fingerprint density at radius 1 is 1.24 bits per heavy atom. The summed E-state index contributed by atoms with van der Waals surface area (Å²) in [6, 6.07) is 4.43. The Labute approximate surface area is 171 Å². The first-order valence-electron chi connectivity index (χ1n) is 10.7. The van der Waals surface area contributed by atoms with Crippen LogP contribution in [0.2, 0.25) is 0 Å². The minimum Gasteiger partial charge on any atom is -0.494 e. The van der Waals surface area contributed by atoms with Gasteiger partial charge < -0.3 is 14.2 Å². The maximum atomic E-state index is 13.9. The number of methoxy groups -OCH3 is 1. The van der Waals surface area contributed by atoms with E-state index in [2.05, 4.69) is 16.5 Å². The van der Waals surface area contributed by atoms with E-state index >= 15 is 0 Å². The molecule has 1 saturated carbocycles. The Balaban J connectivity index is 1.30. The van der Waals surface area contributed by atoms with E-state index in [0.717, 1.165) is 38.9 Å². The van der Waals surface area contributed by atoms with Gasteiger partial charge in [-0.15, -0.1) is 0 Å². The van der Waals surface area contributed by atoms with Crippen molar-refractivity contribution in [3.63, 3.8) is 0 Å². The highest BCUT2D eigenvalue weighted by atomic mass is 19.1.